The van der Waals surface area contributed by atoms with Crippen molar-refractivity contribution in [2.24, 2.45) is 10.7 Å². The predicted molar refractivity (Wildman–Crippen MR) is 81.7 cm³/mol. The quantitative estimate of drug-likeness (QED) is 0.876. The number of hydrogen-bond acceptors (Lipinski definition) is 4. The predicted octanol–water partition coefficient (Wildman–Crippen LogP) is 2.95. The van der Waals surface area contributed by atoms with Gasteiger partial charge in [0.2, 0.25) is 0 Å². The number of benzene rings is 1. The molecule has 0 bridgehead atoms. The summed E-state index contributed by atoms with van der Waals surface area (Å²) in [6.07, 6.45) is 2.22. The minimum atomic E-state index is -0.317. The van der Waals surface area contributed by atoms with Gasteiger partial charge in [0.25, 0.3) is 0 Å². The van der Waals surface area contributed by atoms with Crippen molar-refractivity contribution in [3.8, 4) is 0 Å². The van der Waals surface area contributed by atoms with Crippen LogP contribution < -0.4 is 5.73 Å². The normalized spacial score (nSPS) is 16.4. The van der Waals surface area contributed by atoms with Crippen molar-refractivity contribution in [2.45, 2.75) is 33.2 Å². The summed E-state index contributed by atoms with van der Waals surface area (Å²) in [4.78, 5) is 12.8. The van der Waals surface area contributed by atoms with Crippen LogP contribution in [0.5, 0.6) is 0 Å². The third-order valence-corrected chi connectivity index (χ3v) is 3.21. The number of nitrogens with zero attached hydrogens (tertiary/aromatic N) is 3. The molecule has 1 aromatic heterocycles. The summed E-state index contributed by atoms with van der Waals surface area (Å²) >= 11 is 0. The minimum Gasteiger partial charge on any atom is -0.383 e. The monoisotopic (exact) mass is 286 g/mol. The molecule has 2 heterocycles. The Kier molecular flexibility index (Phi) is 4.62. The van der Waals surface area contributed by atoms with Crippen LogP contribution in [0.15, 0.2) is 35.5 Å². The highest BCUT2D eigenvalue weighted by Crippen LogP contribution is 2.29. The first kappa shape index (κ1) is 15.1. The molecular formula is C16H19FN4. The van der Waals surface area contributed by atoms with Crippen molar-refractivity contribution >= 4 is 5.84 Å². The van der Waals surface area contributed by atoms with E-state index in [2.05, 4.69) is 15.0 Å². The molecule has 0 amide bonds. The third-order valence-electron chi connectivity index (χ3n) is 3.21. The number of aromatic nitrogens is 2. The van der Waals surface area contributed by atoms with Crippen molar-refractivity contribution < 1.29 is 4.39 Å². The van der Waals surface area contributed by atoms with Gasteiger partial charge in [0.1, 0.15) is 17.5 Å². The Balaban J connectivity index is 0.000000774. The number of amidine groups is 1. The van der Waals surface area contributed by atoms with Crippen molar-refractivity contribution in [1.82, 2.24) is 9.97 Å². The smallest absolute Gasteiger partial charge is 0.129 e. The molecule has 4 nitrogen and oxygen atoms in total. The maximum absolute atomic E-state index is 13.8. The fraction of sp³-hybridized carbons (Fsp3) is 0.312. The molecule has 1 unspecified atom stereocenters. The number of hydrogen-bond donors (Lipinski definition) is 1. The summed E-state index contributed by atoms with van der Waals surface area (Å²) in [7, 11) is 0. The lowest BCUT2D eigenvalue weighted by Crippen LogP contribution is -2.25. The SMILES string of the molecule is CC.Cc1ncc2c(n1)CC(c1ccccc1F)N=C2N. The lowest BCUT2D eigenvalue weighted by atomic mass is 9.96. The average Bonchev–Trinajstić information content (AvgIpc) is 2.49. The number of halogens is 1. The maximum atomic E-state index is 13.8. The van der Waals surface area contributed by atoms with Crippen LogP contribution in [-0.4, -0.2) is 15.8 Å². The fourth-order valence-corrected chi connectivity index (χ4v) is 2.28. The Morgan fingerprint density at radius 1 is 1.24 bits per heavy atom. The van der Waals surface area contributed by atoms with Crippen molar-refractivity contribution in [1.29, 1.82) is 0 Å². The first-order chi connectivity index (χ1) is 10.1. The van der Waals surface area contributed by atoms with Gasteiger partial charge in [-0.25, -0.2) is 14.4 Å². The second kappa shape index (κ2) is 6.43. The van der Waals surface area contributed by atoms with E-state index in [1.165, 1.54) is 6.07 Å². The summed E-state index contributed by atoms with van der Waals surface area (Å²) in [6.45, 7) is 5.82. The Morgan fingerprint density at radius 2 is 1.95 bits per heavy atom. The average molecular weight is 286 g/mol. The molecule has 21 heavy (non-hydrogen) atoms. The van der Waals surface area contributed by atoms with Crippen LogP contribution in [0.25, 0.3) is 0 Å². The molecule has 0 saturated heterocycles. The summed E-state index contributed by atoms with van der Waals surface area (Å²) < 4.78 is 13.8. The molecule has 0 saturated carbocycles. The topological polar surface area (TPSA) is 64.2 Å². The standard InChI is InChI=1S/C14H13FN4.C2H6/c1-8-17-7-10-13(18-8)6-12(19-14(10)16)9-4-2-3-5-11(9)15;1-2/h2-5,7,12H,6H2,1H3,(H2,16,19);1-2H3. The molecule has 2 aromatic rings. The number of nitrogens with two attached hydrogens (primary N) is 1. The summed E-state index contributed by atoms with van der Waals surface area (Å²) in [6, 6.07) is 6.31. The van der Waals surface area contributed by atoms with Crippen LogP contribution in [0.2, 0.25) is 0 Å². The van der Waals surface area contributed by atoms with E-state index in [9.17, 15) is 4.39 Å². The highest BCUT2D eigenvalue weighted by molar-refractivity contribution is 5.99. The van der Waals surface area contributed by atoms with E-state index in [1.54, 1.807) is 24.4 Å². The van der Waals surface area contributed by atoms with E-state index < -0.39 is 0 Å². The van der Waals surface area contributed by atoms with Gasteiger partial charge in [-0.2, -0.15) is 0 Å². The second-order valence-corrected chi connectivity index (χ2v) is 4.53. The van der Waals surface area contributed by atoms with Crippen molar-refractivity contribution in [2.75, 3.05) is 0 Å². The molecule has 1 aromatic carbocycles. The Bertz CT molecular complexity index is 667. The molecule has 0 fully saturated rings. The van der Waals surface area contributed by atoms with Crippen LogP contribution in [0.1, 0.15) is 42.5 Å². The molecule has 1 aliphatic heterocycles. The zero-order chi connectivity index (χ0) is 15.4. The fourth-order valence-electron chi connectivity index (χ4n) is 2.28. The molecule has 0 aliphatic carbocycles. The number of rotatable bonds is 1. The van der Waals surface area contributed by atoms with E-state index in [0.717, 1.165) is 11.3 Å². The van der Waals surface area contributed by atoms with E-state index in [0.29, 0.717) is 23.6 Å². The van der Waals surface area contributed by atoms with E-state index >= 15 is 0 Å². The highest BCUT2D eigenvalue weighted by Gasteiger charge is 2.24. The number of fused-ring (bicyclic) bond motifs is 1. The second-order valence-electron chi connectivity index (χ2n) is 4.53. The molecule has 0 spiro atoms. The summed E-state index contributed by atoms with van der Waals surface area (Å²) in [5.74, 6) is 0.786. The summed E-state index contributed by atoms with van der Waals surface area (Å²) in [5.41, 5.74) is 8.05. The lowest BCUT2D eigenvalue weighted by molar-refractivity contribution is 0.575. The lowest BCUT2D eigenvalue weighted by Gasteiger charge is -2.21. The first-order valence-electron chi connectivity index (χ1n) is 7.05. The minimum absolute atomic E-state index is 0.265. The van der Waals surface area contributed by atoms with Crippen LogP contribution in [0.3, 0.4) is 0 Å². The third kappa shape index (κ3) is 3.07. The first-order valence-corrected chi connectivity index (χ1v) is 7.05. The van der Waals surface area contributed by atoms with Gasteiger partial charge in [-0.1, -0.05) is 32.0 Å². The molecule has 1 aliphatic rings. The zero-order valence-corrected chi connectivity index (χ0v) is 12.5. The van der Waals surface area contributed by atoms with Crippen LogP contribution in [0.4, 0.5) is 4.39 Å². The molecule has 0 radical (unpaired) electrons. The summed E-state index contributed by atoms with van der Waals surface area (Å²) in [5, 5.41) is 0. The highest BCUT2D eigenvalue weighted by atomic mass is 19.1. The molecule has 3 rings (SSSR count). The van der Waals surface area contributed by atoms with Crippen molar-refractivity contribution in [3.05, 3.63) is 58.9 Å². The van der Waals surface area contributed by atoms with Crippen molar-refractivity contribution in [3.63, 3.8) is 0 Å². The molecular weight excluding hydrogens is 267 g/mol. The van der Waals surface area contributed by atoms with Crippen LogP contribution in [-0.2, 0) is 6.42 Å². The van der Waals surface area contributed by atoms with Gasteiger partial charge in [-0.15, -0.1) is 0 Å². The van der Waals surface area contributed by atoms with Crippen LogP contribution >= 0.6 is 0 Å². The van der Waals surface area contributed by atoms with Crippen LogP contribution in [0, 0.1) is 12.7 Å². The van der Waals surface area contributed by atoms with Gasteiger partial charge < -0.3 is 5.73 Å². The Morgan fingerprint density at radius 3 is 2.67 bits per heavy atom. The molecule has 2 N–H and O–H groups in total. The van der Waals surface area contributed by atoms with Gasteiger partial charge in [0.15, 0.2) is 0 Å². The van der Waals surface area contributed by atoms with E-state index in [-0.39, 0.29) is 11.9 Å². The number of aliphatic imine (C=N–C) groups is 1. The molecule has 1 atom stereocenters. The Labute approximate surface area is 124 Å². The van der Waals surface area contributed by atoms with E-state index in [4.69, 9.17) is 5.73 Å². The van der Waals surface area contributed by atoms with Gasteiger partial charge in [-0.3, -0.25) is 4.99 Å². The molecule has 5 heteroatoms. The number of aryl methyl sites for hydroxylation is 1. The largest absolute Gasteiger partial charge is 0.383 e. The Hall–Kier alpha value is -2.30. The van der Waals surface area contributed by atoms with Gasteiger partial charge in [0.05, 0.1) is 17.3 Å². The van der Waals surface area contributed by atoms with Gasteiger partial charge in [0, 0.05) is 18.2 Å². The van der Waals surface area contributed by atoms with Gasteiger partial charge in [-0.05, 0) is 13.0 Å². The zero-order valence-electron chi connectivity index (χ0n) is 12.5. The van der Waals surface area contributed by atoms with E-state index in [1.807, 2.05) is 20.8 Å². The maximum Gasteiger partial charge on any atom is 0.129 e. The van der Waals surface area contributed by atoms with Gasteiger partial charge >= 0.3 is 0 Å². The molecule has 110 valence electrons.